The average molecular weight is 873 g/mol. The van der Waals surface area contributed by atoms with Gasteiger partial charge in [-0.2, -0.15) is 9.97 Å². The first kappa shape index (κ1) is 41.0. The van der Waals surface area contributed by atoms with E-state index in [9.17, 15) is 18.0 Å². The van der Waals surface area contributed by atoms with E-state index in [0.717, 1.165) is 69.6 Å². The van der Waals surface area contributed by atoms with Crippen LogP contribution in [0.4, 0.5) is 43.3 Å². The van der Waals surface area contributed by atoms with Gasteiger partial charge in [-0.25, -0.2) is 17.2 Å². The Morgan fingerprint density at radius 1 is 0.885 bits per heavy atom. The predicted molar refractivity (Wildman–Crippen MR) is 233 cm³/mol. The van der Waals surface area contributed by atoms with E-state index in [4.69, 9.17) is 16.6 Å². The van der Waals surface area contributed by atoms with Crippen molar-refractivity contribution in [2.24, 2.45) is 0 Å². The van der Waals surface area contributed by atoms with Gasteiger partial charge in [0.15, 0.2) is 0 Å². The quantitative estimate of drug-likeness (QED) is 0.115. The van der Waals surface area contributed by atoms with Crippen LogP contribution in [0.5, 0.6) is 0 Å². The number of halogens is 3. The molecule has 4 N–H and O–H groups in total. The third kappa shape index (κ3) is 8.61. The Morgan fingerprint density at radius 2 is 1.69 bits per heavy atom. The molecule has 61 heavy (non-hydrogen) atoms. The standard InChI is InChI=1S/C43H47ClF2N10O4S/c1-61(59,60)56-18-11-26-3-2-4-36(39(26)56)49-41-31-9-14-47-40(31)51-43(52-41)48-28-5-7-37(35(46)24-28)55-16-12-29(13-17-55)54-21-19-53(20-22-54)15-10-27-23-34(45)32(25-33(27)44)30-6-8-38(57)50-42(30)58/h2-5,7,9,14,23-25,29-30H,6,8,10-13,15-22H2,1H3,(H,50,57,58)(H3,47,48,49,51,52). The van der Waals surface area contributed by atoms with Gasteiger partial charge in [-0.05, 0) is 85.7 Å². The monoisotopic (exact) mass is 872 g/mol. The fraction of sp³-hybridized carbons (Fsp3) is 0.395. The number of nitrogens with zero attached hydrogens (tertiary/aromatic N) is 6. The summed E-state index contributed by atoms with van der Waals surface area (Å²) >= 11 is 6.57. The van der Waals surface area contributed by atoms with E-state index in [0.29, 0.717) is 70.2 Å². The molecule has 0 radical (unpaired) electrons. The highest BCUT2D eigenvalue weighted by Gasteiger charge is 2.32. The minimum absolute atomic E-state index is 0.174. The van der Waals surface area contributed by atoms with Gasteiger partial charge in [-0.1, -0.05) is 23.7 Å². The Labute approximate surface area is 357 Å². The van der Waals surface area contributed by atoms with Gasteiger partial charge >= 0.3 is 0 Å². The molecule has 4 aliphatic heterocycles. The fourth-order valence-corrected chi connectivity index (χ4v) is 10.4. The van der Waals surface area contributed by atoms with Crippen LogP contribution in [0.15, 0.2) is 60.8 Å². The largest absolute Gasteiger partial charge is 0.369 e. The number of H-pyrrole nitrogens is 1. The van der Waals surface area contributed by atoms with Gasteiger partial charge in [0.25, 0.3) is 0 Å². The summed E-state index contributed by atoms with van der Waals surface area (Å²) in [6.45, 7) is 6.16. The van der Waals surface area contributed by atoms with Gasteiger partial charge in [0.2, 0.25) is 27.8 Å². The summed E-state index contributed by atoms with van der Waals surface area (Å²) in [5, 5.41) is 9.94. The second-order valence-corrected chi connectivity index (χ2v) is 18.6. The summed E-state index contributed by atoms with van der Waals surface area (Å²) in [7, 11) is -3.48. The topological polar surface area (TPSA) is 159 Å². The fourth-order valence-electron chi connectivity index (χ4n) is 9.20. The first-order valence-electron chi connectivity index (χ1n) is 20.7. The van der Waals surface area contributed by atoms with Crippen molar-refractivity contribution in [1.82, 2.24) is 30.1 Å². The van der Waals surface area contributed by atoms with Gasteiger partial charge in [0.05, 0.1) is 34.6 Å². The number of carbonyl (C=O) groups is 2. The molecule has 5 aromatic rings. The molecule has 9 rings (SSSR count). The van der Waals surface area contributed by atoms with Crippen LogP contribution in [0.1, 0.15) is 48.3 Å². The smallest absolute Gasteiger partial charge is 0.234 e. The molecule has 0 spiro atoms. The number of benzene rings is 3. The molecule has 320 valence electrons. The number of piperazine rings is 1. The lowest BCUT2D eigenvalue weighted by Gasteiger charge is -2.43. The number of para-hydroxylation sites is 1. The number of anilines is 6. The molecule has 3 fully saturated rings. The van der Waals surface area contributed by atoms with Crippen molar-refractivity contribution in [3.05, 3.63) is 94.1 Å². The molecule has 0 saturated carbocycles. The highest BCUT2D eigenvalue weighted by molar-refractivity contribution is 7.92. The van der Waals surface area contributed by atoms with Gasteiger partial charge in [0.1, 0.15) is 23.1 Å². The van der Waals surface area contributed by atoms with Crippen LogP contribution in [0.2, 0.25) is 5.02 Å². The van der Waals surface area contributed by atoms with Crippen molar-refractivity contribution in [1.29, 1.82) is 0 Å². The summed E-state index contributed by atoms with van der Waals surface area (Å²) in [4.78, 5) is 43.3. The van der Waals surface area contributed by atoms with Crippen LogP contribution >= 0.6 is 11.6 Å². The molecule has 18 heteroatoms. The minimum atomic E-state index is -3.48. The molecule has 0 aliphatic carbocycles. The molecular formula is C43H47ClF2N10O4S. The first-order chi connectivity index (χ1) is 29.4. The number of imide groups is 1. The molecule has 6 heterocycles. The number of amides is 2. The van der Waals surface area contributed by atoms with E-state index in [1.54, 1.807) is 18.3 Å². The third-order valence-electron chi connectivity index (χ3n) is 12.4. The number of hydrogen-bond donors (Lipinski definition) is 4. The maximum Gasteiger partial charge on any atom is 0.234 e. The lowest BCUT2D eigenvalue weighted by Crippen LogP contribution is -2.53. The maximum absolute atomic E-state index is 15.8. The van der Waals surface area contributed by atoms with Crippen LogP contribution in [-0.4, -0.2) is 110 Å². The molecule has 14 nitrogen and oxygen atoms in total. The Hall–Kier alpha value is -5.36. The summed E-state index contributed by atoms with van der Waals surface area (Å²) in [6, 6.07) is 15.9. The highest BCUT2D eigenvalue weighted by Crippen LogP contribution is 2.40. The lowest BCUT2D eigenvalue weighted by molar-refractivity contribution is -0.134. The van der Waals surface area contributed by atoms with Crippen LogP contribution in [0, 0.1) is 11.6 Å². The van der Waals surface area contributed by atoms with Crippen molar-refractivity contribution in [2.75, 3.05) is 78.5 Å². The first-order valence-corrected chi connectivity index (χ1v) is 22.9. The maximum atomic E-state index is 15.8. The van der Waals surface area contributed by atoms with E-state index >= 15 is 8.78 Å². The van der Waals surface area contributed by atoms with E-state index < -0.39 is 27.7 Å². The molecule has 4 aliphatic rings. The van der Waals surface area contributed by atoms with Crippen molar-refractivity contribution in [3.63, 3.8) is 0 Å². The zero-order valence-corrected chi connectivity index (χ0v) is 35.3. The molecular weight excluding hydrogens is 826 g/mol. The van der Waals surface area contributed by atoms with Crippen molar-refractivity contribution >= 4 is 79.0 Å². The highest BCUT2D eigenvalue weighted by atomic mass is 35.5. The van der Waals surface area contributed by atoms with E-state index in [1.165, 1.54) is 22.7 Å². The molecule has 1 unspecified atom stereocenters. The van der Waals surface area contributed by atoms with Crippen LogP contribution in [-0.2, 0) is 32.5 Å². The van der Waals surface area contributed by atoms with E-state index in [-0.39, 0.29) is 36.1 Å². The Morgan fingerprint density at radius 3 is 2.44 bits per heavy atom. The zero-order valence-electron chi connectivity index (χ0n) is 33.7. The summed E-state index contributed by atoms with van der Waals surface area (Å²) in [6.07, 6.45) is 6.43. The van der Waals surface area contributed by atoms with Gasteiger partial charge < -0.3 is 25.4 Å². The van der Waals surface area contributed by atoms with Gasteiger partial charge in [-0.3, -0.25) is 24.1 Å². The molecule has 3 aromatic carbocycles. The zero-order chi connectivity index (χ0) is 42.4. The number of hydrogen-bond acceptors (Lipinski definition) is 11. The second-order valence-electron chi connectivity index (χ2n) is 16.3. The Balaban J connectivity index is 0.778. The number of carbonyl (C=O) groups excluding carboxylic acids is 2. The van der Waals surface area contributed by atoms with Crippen molar-refractivity contribution < 1.29 is 26.8 Å². The van der Waals surface area contributed by atoms with E-state index in [2.05, 4.69) is 40.6 Å². The molecule has 0 bridgehead atoms. The predicted octanol–water partition coefficient (Wildman–Crippen LogP) is 6.05. The van der Waals surface area contributed by atoms with Crippen molar-refractivity contribution in [2.45, 2.75) is 50.5 Å². The Kier molecular flexibility index (Phi) is 11.3. The number of sulfonamides is 1. The van der Waals surface area contributed by atoms with Gasteiger partial charge in [-0.15, -0.1) is 0 Å². The van der Waals surface area contributed by atoms with Crippen LogP contribution < -0.4 is 25.2 Å². The number of fused-ring (bicyclic) bond motifs is 2. The molecule has 1 atom stereocenters. The van der Waals surface area contributed by atoms with Gasteiger partial charge in [0, 0.05) is 87.3 Å². The Bertz CT molecular complexity index is 2610. The number of aromatic nitrogens is 3. The number of aromatic amines is 1. The average Bonchev–Trinajstić information content (AvgIpc) is 3.91. The minimum Gasteiger partial charge on any atom is -0.369 e. The normalized spacial score (nSPS) is 19.4. The summed E-state index contributed by atoms with van der Waals surface area (Å²) in [5.41, 5.74) is 4.69. The van der Waals surface area contributed by atoms with Crippen LogP contribution in [0.25, 0.3) is 11.0 Å². The summed E-state index contributed by atoms with van der Waals surface area (Å²) < 4.78 is 57.5. The van der Waals surface area contributed by atoms with Crippen molar-refractivity contribution in [3.8, 4) is 0 Å². The second kappa shape index (κ2) is 16.8. The van der Waals surface area contributed by atoms with Crippen LogP contribution in [0.3, 0.4) is 0 Å². The third-order valence-corrected chi connectivity index (χ3v) is 13.9. The molecule has 2 amide bonds. The molecule has 2 aromatic heterocycles. The SMILES string of the molecule is CS(=O)(=O)N1CCc2cccc(Nc3nc(Nc4ccc(N5CCC(N6CCN(CCc7cc(F)c(C8CCC(=O)NC8=O)cc7Cl)CC6)CC5)c(F)c4)nc4[nH]ccc34)c21. The van der Waals surface area contributed by atoms with E-state index in [1.807, 2.05) is 30.3 Å². The number of piperidine rings is 2. The number of nitrogens with one attached hydrogen (secondary N) is 4. The summed E-state index contributed by atoms with van der Waals surface area (Å²) in [5.74, 6) is -1.65. The number of rotatable bonds is 11. The molecule has 3 saturated heterocycles. The lowest BCUT2D eigenvalue weighted by atomic mass is 9.89.